The van der Waals surface area contributed by atoms with Crippen molar-refractivity contribution in [2.75, 3.05) is 6.54 Å². The van der Waals surface area contributed by atoms with Gasteiger partial charge in [0.2, 0.25) is 5.91 Å². The number of carboxylic acid groups (broad SMARTS) is 1. The molecule has 0 bridgehead atoms. The fourth-order valence-electron chi connectivity index (χ4n) is 2.13. The first-order valence-corrected chi connectivity index (χ1v) is 7.64. The molecule has 2 N–H and O–H groups in total. The first kappa shape index (κ1) is 17.9. The molecule has 0 radical (unpaired) electrons. The first-order valence-electron chi connectivity index (χ1n) is 7.64. The van der Waals surface area contributed by atoms with Gasteiger partial charge in [-0.05, 0) is 31.7 Å². The van der Waals surface area contributed by atoms with E-state index in [4.69, 9.17) is 5.11 Å². The molecule has 122 valence electrons. The van der Waals surface area contributed by atoms with Crippen LogP contribution in [0.2, 0.25) is 0 Å². The fraction of sp³-hybridized carbons (Fsp3) is 0.562. The van der Waals surface area contributed by atoms with Gasteiger partial charge in [0, 0.05) is 38.2 Å². The van der Waals surface area contributed by atoms with Crippen LogP contribution in [-0.2, 0) is 16.1 Å². The first-order chi connectivity index (χ1) is 10.5. The third-order valence-electron chi connectivity index (χ3n) is 3.32. The van der Waals surface area contributed by atoms with Crippen molar-refractivity contribution in [3.8, 4) is 0 Å². The lowest BCUT2D eigenvalue weighted by atomic mass is 10.2. The summed E-state index contributed by atoms with van der Waals surface area (Å²) >= 11 is 0. The van der Waals surface area contributed by atoms with E-state index in [0.717, 1.165) is 18.4 Å². The van der Waals surface area contributed by atoms with E-state index < -0.39 is 5.97 Å². The number of nitrogens with zero attached hydrogens (tertiary/aromatic N) is 1. The third-order valence-corrected chi connectivity index (χ3v) is 3.32. The van der Waals surface area contributed by atoms with E-state index in [2.05, 4.69) is 5.32 Å². The van der Waals surface area contributed by atoms with E-state index in [1.807, 2.05) is 6.92 Å². The Morgan fingerprint density at radius 3 is 2.64 bits per heavy atom. The molecule has 1 aromatic heterocycles. The standard InChI is InChI=1S/C16H24N2O4/c1-13-8-9-15(20)18(12-13)11-5-6-14(19)17-10-4-2-3-7-16(21)22/h8-9,12H,2-7,10-11H2,1H3,(H,17,19)(H,21,22). The number of pyridine rings is 1. The lowest BCUT2D eigenvalue weighted by Crippen LogP contribution is -2.25. The van der Waals surface area contributed by atoms with E-state index in [1.54, 1.807) is 16.8 Å². The second-order valence-electron chi connectivity index (χ2n) is 5.40. The number of rotatable bonds is 10. The molecule has 0 saturated carbocycles. The molecule has 0 atom stereocenters. The summed E-state index contributed by atoms with van der Waals surface area (Å²) < 4.78 is 1.62. The summed E-state index contributed by atoms with van der Waals surface area (Å²) in [6, 6.07) is 3.31. The number of aliphatic carboxylic acids is 1. The summed E-state index contributed by atoms with van der Waals surface area (Å²) in [6.45, 7) is 3.03. The molecule has 6 heteroatoms. The van der Waals surface area contributed by atoms with E-state index in [0.29, 0.717) is 32.4 Å². The van der Waals surface area contributed by atoms with E-state index in [1.165, 1.54) is 6.07 Å². The Kier molecular flexibility index (Phi) is 7.96. The number of aryl methyl sites for hydroxylation is 2. The molecule has 6 nitrogen and oxygen atoms in total. The monoisotopic (exact) mass is 308 g/mol. The van der Waals surface area contributed by atoms with Gasteiger partial charge in [-0.1, -0.05) is 12.5 Å². The average molecular weight is 308 g/mol. The van der Waals surface area contributed by atoms with Crippen LogP contribution in [0.25, 0.3) is 0 Å². The number of aromatic nitrogens is 1. The highest BCUT2D eigenvalue weighted by atomic mass is 16.4. The maximum atomic E-state index is 11.6. The smallest absolute Gasteiger partial charge is 0.303 e. The molecule has 0 unspecified atom stereocenters. The van der Waals surface area contributed by atoms with Crippen molar-refractivity contribution in [3.05, 3.63) is 34.2 Å². The van der Waals surface area contributed by atoms with Crippen LogP contribution < -0.4 is 10.9 Å². The average Bonchev–Trinajstić information content (AvgIpc) is 2.46. The number of unbranched alkanes of at least 4 members (excludes halogenated alkanes) is 2. The van der Waals surface area contributed by atoms with Crippen molar-refractivity contribution >= 4 is 11.9 Å². The second kappa shape index (κ2) is 9.76. The molecule has 1 heterocycles. The van der Waals surface area contributed by atoms with Gasteiger partial charge in [-0.3, -0.25) is 14.4 Å². The highest BCUT2D eigenvalue weighted by Crippen LogP contribution is 2.00. The lowest BCUT2D eigenvalue weighted by molar-refractivity contribution is -0.137. The molecular formula is C16H24N2O4. The van der Waals surface area contributed by atoms with Crippen LogP contribution in [0.3, 0.4) is 0 Å². The van der Waals surface area contributed by atoms with Crippen LogP contribution in [0, 0.1) is 6.92 Å². The zero-order valence-corrected chi connectivity index (χ0v) is 13.0. The largest absolute Gasteiger partial charge is 0.481 e. The third kappa shape index (κ3) is 7.61. The van der Waals surface area contributed by atoms with Crippen molar-refractivity contribution < 1.29 is 14.7 Å². The Bertz CT molecular complexity index is 551. The van der Waals surface area contributed by atoms with Gasteiger partial charge < -0.3 is 15.0 Å². The van der Waals surface area contributed by atoms with Crippen molar-refractivity contribution in [1.29, 1.82) is 0 Å². The Labute approximate surface area is 130 Å². The quantitative estimate of drug-likeness (QED) is 0.644. The van der Waals surface area contributed by atoms with Gasteiger partial charge >= 0.3 is 5.97 Å². The number of carbonyl (C=O) groups excluding carboxylic acids is 1. The Balaban J connectivity index is 2.12. The van der Waals surface area contributed by atoms with Crippen molar-refractivity contribution in [2.45, 2.75) is 52.0 Å². The topological polar surface area (TPSA) is 88.4 Å². The summed E-state index contributed by atoms with van der Waals surface area (Å²) in [5, 5.41) is 11.3. The van der Waals surface area contributed by atoms with Gasteiger partial charge in [-0.15, -0.1) is 0 Å². The summed E-state index contributed by atoms with van der Waals surface area (Å²) in [6.07, 6.45) is 5.20. The van der Waals surface area contributed by atoms with Gasteiger partial charge in [-0.25, -0.2) is 0 Å². The number of hydrogen-bond donors (Lipinski definition) is 2. The Morgan fingerprint density at radius 1 is 1.14 bits per heavy atom. The van der Waals surface area contributed by atoms with Crippen LogP contribution in [0.4, 0.5) is 0 Å². The van der Waals surface area contributed by atoms with Gasteiger partial charge in [0.25, 0.3) is 5.56 Å². The minimum atomic E-state index is -0.782. The summed E-state index contributed by atoms with van der Waals surface area (Å²) in [4.78, 5) is 33.5. The van der Waals surface area contributed by atoms with Gasteiger partial charge in [-0.2, -0.15) is 0 Å². The van der Waals surface area contributed by atoms with Gasteiger partial charge in [0.1, 0.15) is 0 Å². The summed E-state index contributed by atoms with van der Waals surface area (Å²) in [5.74, 6) is -0.811. The Morgan fingerprint density at radius 2 is 1.91 bits per heavy atom. The highest BCUT2D eigenvalue weighted by Gasteiger charge is 2.02. The summed E-state index contributed by atoms with van der Waals surface area (Å²) in [7, 11) is 0. The van der Waals surface area contributed by atoms with Crippen LogP contribution in [0.5, 0.6) is 0 Å². The number of nitrogens with one attached hydrogen (secondary N) is 1. The normalized spacial score (nSPS) is 10.4. The Hall–Kier alpha value is -2.11. The molecule has 1 rings (SSSR count). The maximum Gasteiger partial charge on any atom is 0.303 e. The fourth-order valence-corrected chi connectivity index (χ4v) is 2.13. The van der Waals surface area contributed by atoms with Crippen molar-refractivity contribution in [1.82, 2.24) is 9.88 Å². The predicted octanol–water partition coefficient (Wildman–Crippen LogP) is 1.70. The van der Waals surface area contributed by atoms with Crippen LogP contribution in [0.1, 0.15) is 44.1 Å². The van der Waals surface area contributed by atoms with Crippen molar-refractivity contribution in [2.24, 2.45) is 0 Å². The molecule has 1 aromatic rings. The zero-order chi connectivity index (χ0) is 16.4. The van der Waals surface area contributed by atoms with Gasteiger partial charge in [0.15, 0.2) is 0 Å². The number of amides is 1. The minimum absolute atomic E-state index is 0.0288. The number of hydrogen-bond acceptors (Lipinski definition) is 3. The molecule has 1 amide bonds. The molecule has 22 heavy (non-hydrogen) atoms. The molecule has 0 aliphatic rings. The molecule has 0 aliphatic carbocycles. The maximum absolute atomic E-state index is 11.6. The summed E-state index contributed by atoms with van der Waals surface area (Å²) in [5.41, 5.74) is 0.967. The molecule has 0 saturated heterocycles. The van der Waals surface area contributed by atoms with Crippen molar-refractivity contribution in [3.63, 3.8) is 0 Å². The molecule has 0 aromatic carbocycles. The molecule has 0 aliphatic heterocycles. The predicted molar refractivity (Wildman–Crippen MR) is 83.8 cm³/mol. The van der Waals surface area contributed by atoms with Crippen LogP contribution in [-0.4, -0.2) is 28.1 Å². The number of carboxylic acids is 1. The number of carbonyl (C=O) groups is 2. The van der Waals surface area contributed by atoms with Crippen LogP contribution >= 0.6 is 0 Å². The highest BCUT2D eigenvalue weighted by molar-refractivity contribution is 5.75. The van der Waals surface area contributed by atoms with E-state index in [-0.39, 0.29) is 17.9 Å². The second-order valence-corrected chi connectivity index (χ2v) is 5.40. The minimum Gasteiger partial charge on any atom is -0.481 e. The van der Waals surface area contributed by atoms with E-state index in [9.17, 15) is 14.4 Å². The molecular weight excluding hydrogens is 284 g/mol. The molecule has 0 fully saturated rings. The zero-order valence-electron chi connectivity index (χ0n) is 13.0. The van der Waals surface area contributed by atoms with E-state index >= 15 is 0 Å². The molecule has 0 spiro atoms. The SMILES string of the molecule is Cc1ccc(=O)n(CCCC(=O)NCCCCCC(=O)O)c1. The van der Waals surface area contributed by atoms with Crippen LogP contribution in [0.15, 0.2) is 23.1 Å². The van der Waals surface area contributed by atoms with Gasteiger partial charge in [0.05, 0.1) is 0 Å². The lowest BCUT2D eigenvalue weighted by Gasteiger charge is -2.07.